The van der Waals surface area contributed by atoms with E-state index in [9.17, 15) is 18.0 Å². The van der Waals surface area contributed by atoms with E-state index < -0.39 is 22.1 Å². The number of amides is 4. The van der Waals surface area contributed by atoms with Crippen molar-refractivity contribution in [3.8, 4) is 0 Å². The van der Waals surface area contributed by atoms with Crippen molar-refractivity contribution in [2.24, 2.45) is 0 Å². The Morgan fingerprint density at radius 1 is 1.04 bits per heavy atom. The van der Waals surface area contributed by atoms with Gasteiger partial charge in [0.15, 0.2) is 0 Å². The number of benzene rings is 2. The lowest BCUT2D eigenvalue weighted by atomic mass is 10.1. The predicted octanol–water partition coefficient (Wildman–Crippen LogP) is 3.53. The van der Waals surface area contributed by atoms with E-state index in [1.807, 2.05) is 37.3 Å². The summed E-state index contributed by atoms with van der Waals surface area (Å²) in [4.78, 5) is 24.4. The van der Waals surface area contributed by atoms with Gasteiger partial charge in [-0.15, -0.1) is 0 Å². The van der Waals surface area contributed by atoms with Gasteiger partial charge in [0.05, 0.1) is 11.9 Å². The number of nitrogens with zero attached hydrogens (tertiary/aromatic N) is 1. The highest BCUT2D eigenvalue weighted by Crippen LogP contribution is 2.22. The van der Waals surface area contributed by atoms with Gasteiger partial charge in [0.2, 0.25) is 10.0 Å². The highest BCUT2D eigenvalue weighted by atomic mass is 32.2. The van der Waals surface area contributed by atoms with Crippen LogP contribution in [0.3, 0.4) is 0 Å². The first-order chi connectivity index (χ1) is 12.3. The van der Waals surface area contributed by atoms with Crippen molar-refractivity contribution in [1.29, 1.82) is 0 Å². The van der Waals surface area contributed by atoms with Crippen molar-refractivity contribution in [3.63, 3.8) is 0 Å². The van der Waals surface area contributed by atoms with Gasteiger partial charge in [-0.2, -0.15) is 0 Å². The zero-order chi connectivity index (χ0) is 19.2. The summed E-state index contributed by atoms with van der Waals surface area (Å²) in [6.07, 6.45) is 3.17. The summed E-state index contributed by atoms with van der Waals surface area (Å²) in [6.45, 7) is 2.02. The van der Waals surface area contributed by atoms with Gasteiger partial charge in [0.1, 0.15) is 0 Å². The summed E-state index contributed by atoms with van der Waals surface area (Å²) in [6, 6.07) is 11.1. The summed E-state index contributed by atoms with van der Waals surface area (Å²) < 4.78 is 24.3. The van der Waals surface area contributed by atoms with Crippen molar-refractivity contribution in [2.45, 2.75) is 26.2 Å². The monoisotopic (exact) mass is 377 g/mol. The normalized spacial score (nSPS) is 11.2. The van der Waals surface area contributed by atoms with E-state index in [-0.39, 0.29) is 6.54 Å². The molecular weight excluding hydrogens is 354 g/mol. The third-order valence-corrected chi connectivity index (χ3v) is 5.00. The summed E-state index contributed by atoms with van der Waals surface area (Å²) >= 11 is 0. The minimum atomic E-state index is -3.76. The predicted molar refractivity (Wildman–Crippen MR) is 103 cm³/mol. The Morgan fingerprint density at radius 2 is 1.73 bits per heavy atom. The Bertz CT molecular complexity index is 891. The van der Waals surface area contributed by atoms with E-state index in [0.29, 0.717) is 16.4 Å². The maximum Gasteiger partial charge on any atom is 0.339 e. The van der Waals surface area contributed by atoms with E-state index in [0.717, 1.165) is 29.9 Å². The first-order valence-corrected chi connectivity index (χ1v) is 10.2. The molecule has 140 valence electrons. The standard InChI is InChI=1S/C18H23N3O4S/c1-3-4-7-13-21(26(2,24)25)18(23)20-17(22)19-16-12-8-10-14-9-5-6-11-15(14)16/h5-6,8-12H,3-4,7,13H2,1-2H3,(H2,19,20,22,23). The number of rotatable bonds is 6. The maximum atomic E-state index is 12.2. The van der Waals surface area contributed by atoms with Crippen molar-refractivity contribution in [3.05, 3.63) is 42.5 Å². The van der Waals surface area contributed by atoms with Crippen LogP contribution in [0.1, 0.15) is 26.2 Å². The minimum absolute atomic E-state index is 0.0417. The number of carbonyl (C=O) groups is 2. The van der Waals surface area contributed by atoms with Crippen LogP contribution in [0.15, 0.2) is 42.5 Å². The van der Waals surface area contributed by atoms with E-state index in [2.05, 4.69) is 10.6 Å². The van der Waals surface area contributed by atoms with E-state index in [1.165, 1.54) is 0 Å². The molecule has 8 heteroatoms. The summed E-state index contributed by atoms with van der Waals surface area (Å²) in [5.41, 5.74) is 0.533. The second-order valence-corrected chi connectivity index (χ2v) is 7.86. The Labute approximate surface area is 153 Å². The van der Waals surface area contributed by atoms with E-state index in [1.54, 1.807) is 12.1 Å². The average molecular weight is 377 g/mol. The molecule has 26 heavy (non-hydrogen) atoms. The number of nitrogens with one attached hydrogen (secondary N) is 2. The van der Waals surface area contributed by atoms with Crippen molar-refractivity contribution in [1.82, 2.24) is 9.62 Å². The molecule has 0 fully saturated rings. The number of hydrogen-bond donors (Lipinski definition) is 2. The fourth-order valence-electron chi connectivity index (χ4n) is 2.57. The van der Waals surface area contributed by atoms with Crippen LogP contribution in [0.4, 0.5) is 15.3 Å². The lowest BCUT2D eigenvalue weighted by Gasteiger charge is -2.20. The van der Waals surface area contributed by atoms with Crippen LogP contribution in [0.2, 0.25) is 0 Å². The molecule has 0 atom stereocenters. The van der Waals surface area contributed by atoms with Gasteiger partial charge in [0.25, 0.3) is 0 Å². The summed E-state index contributed by atoms with van der Waals surface area (Å²) in [5.74, 6) is 0. The smallest absolute Gasteiger partial charge is 0.307 e. The first kappa shape index (κ1) is 19.7. The molecule has 0 aliphatic heterocycles. The van der Waals surface area contributed by atoms with Gasteiger partial charge in [0, 0.05) is 11.9 Å². The number of imide groups is 1. The second kappa shape index (κ2) is 8.66. The molecule has 0 heterocycles. The molecule has 2 N–H and O–H groups in total. The second-order valence-electron chi connectivity index (χ2n) is 5.95. The zero-order valence-electron chi connectivity index (χ0n) is 14.9. The molecule has 0 aliphatic rings. The van der Waals surface area contributed by atoms with Crippen LogP contribution in [0.25, 0.3) is 10.8 Å². The van der Waals surface area contributed by atoms with E-state index >= 15 is 0 Å². The lowest BCUT2D eigenvalue weighted by molar-refractivity contribution is 0.219. The van der Waals surface area contributed by atoms with Gasteiger partial charge in [-0.3, -0.25) is 5.32 Å². The Balaban J connectivity index is 2.08. The Kier molecular flexibility index (Phi) is 6.57. The van der Waals surface area contributed by atoms with Crippen molar-refractivity contribution >= 4 is 38.5 Å². The number of fused-ring (bicyclic) bond motifs is 1. The largest absolute Gasteiger partial charge is 0.339 e. The fourth-order valence-corrected chi connectivity index (χ4v) is 3.38. The lowest BCUT2D eigenvalue weighted by Crippen LogP contribution is -2.47. The van der Waals surface area contributed by atoms with Crippen LogP contribution in [-0.4, -0.2) is 37.6 Å². The topological polar surface area (TPSA) is 95.6 Å². The maximum absolute atomic E-state index is 12.2. The molecule has 0 unspecified atom stereocenters. The summed E-state index contributed by atoms with van der Waals surface area (Å²) in [7, 11) is -3.76. The highest BCUT2D eigenvalue weighted by molar-refractivity contribution is 7.88. The van der Waals surface area contributed by atoms with Gasteiger partial charge in [-0.1, -0.05) is 56.2 Å². The molecular formula is C18H23N3O4S. The highest BCUT2D eigenvalue weighted by Gasteiger charge is 2.24. The Hall–Kier alpha value is -2.61. The SMILES string of the molecule is CCCCCN(C(=O)NC(=O)Nc1cccc2ccccc12)S(C)(=O)=O. The number of hydrogen-bond acceptors (Lipinski definition) is 4. The third kappa shape index (κ3) is 5.19. The molecule has 4 amide bonds. The molecule has 2 rings (SSSR count). The quantitative estimate of drug-likeness (QED) is 0.753. The molecule has 0 spiro atoms. The molecule has 0 radical (unpaired) electrons. The van der Waals surface area contributed by atoms with Crippen molar-refractivity contribution < 1.29 is 18.0 Å². The average Bonchev–Trinajstić information content (AvgIpc) is 2.57. The number of urea groups is 2. The van der Waals surface area contributed by atoms with Gasteiger partial charge in [-0.25, -0.2) is 22.3 Å². The molecule has 7 nitrogen and oxygen atoms in total. The Morgan fingerprint density at radius 3 is 2.42 bits per heavy atom. The van der Waals surface area contributed by atoms with Gasteiger partial charge < -0.3 is 5.32 Å². The molecule has 2 aromatic carbocycles. The molecule has 0 bridgehead atoms. The van der Waals surface area contributed by atoms with Crippen LogP contribution in [0.5, 0.6) is 0 Å². The number of sulfonamides is 1. The molecule has 0 aliphatic carbocycles. The van der Waals surface area contributed by atoms with Crippen LogP contribution in [-0.2, 0) is 10.0 Å². The first-order valence-electron chi connectivity index (χ1n) is 8.40. The number of carbonyl (C=O) groups excluding carboxylic acids is 2. The van der Waals surface area contributed by atoms with Crippen molar-refractivity contribution in [2.75, 3.05) is 18.1 Å². The van der Waals surface area contributed by atoms with Crippen LogP contribution < -0.4 is 10.6 Å². The van der Waals surface area contributed by atoms with Crippen LogP contribution in [0, 0.1) is 0 Å². The number of unbranched alkanes of at least 4 members (excludes halogenated alkanes) is 2. The summed E-state index contributed by atoms with van der Waals surface area (Å²) in [5, 5.41) is 6.44. The third-order valence-electron chi connectivity index (χ3n) is 3.85. The molecule has 2 aromatic rings. The van der Waals surface area contributed by atoms with E-state index in [4.69, 9.17) is 0 Å². The van der Waals surface area contributed by atoms with Gasteiger partial charge in [-0.05, 0) is 17.9 Å². The minimum Gasteiger partial charge on any atom is -0.307 e. The molecule has 0 saturated heterocycles. The molecule has 0 aromatic heterocycles. The van der Waals surface area contributed by atoms with Crippen LogP contribution >= 0.6 is 0 Å². The van der Waals surface area contributed by atoms with Gasteiger partial charge >= 0.3 is 12.1 Å². The molecule has 0 saturated carbocycles. The zero-order valence-corrected chi connectivity index (χ0v) is 15.7. The number of anilines is 1. The fraction of sp³-hybridized carbons (Fsp3) is 0.333.